The van der Waals surface area contributed by atoms with Crippen LogP contribution in [0.2, 0.25) is 0 Å². The quantitative estimate of drug-likeness (QED) is 0.655. The lowest BCUT2D eigenvalue weighted by Crippen LogP contribution is -2.30. The normalized spacial score (nSPS) is 13.7. The summed E-state index contributed by atoms with van der Waals surface area (Å²) >= 11 is 5.17. The first-order valence-electron chi connectivity index (χ1n) is 7.46. The fourth-order valence-corrected chi connectivity index (χ4v) is 3.87. The number of nitrogens with zero attached hydrogens (tertiary/aromatic N) is 4. The molecule has 2 heterocycles. The smallest absolute Gasteiger partial charge is 0.194 e. The molecule has 0 aliphatic carbocycles. The highest BCUT2D eigenvalue weighted by molar-refractivity contribution is 9.10. The monoisotopic (exact) mass is 402 g/mol. The number of fused-ring (bicyclic) bond motifs is 1. The van der Waals surface area contributed by atoms with Crippen LogP contribution in [0.25, 0.3) is 11.4 Å². The third kappa shape index (κ3) is 2.78. The predicted octanol–water partition coefficient (Wildman–Crippen LogP) is 4.24. The fraction of sp³-hybridized carbons (Fsp3) is 0.176. The largest absolute Gasteiger partial charge is 0.496 e. The summed E-state index contributed by atoms with van der Waals surface area (Å²) in [7, 11) is 1.68. The number of benzene rings is 2. The minimum atomic E-state index is 0.713. The van der Waals surface area contributed by atoms with E-state index in [0.29, 0.717) is 6.67 Å². The highest BCUT2D eigenvalue weighted by Gasteiger charge is 2.24. The summed E-state index contributed by atoms with van der Waals surface area (Å²) in [4.78, 5) is 2.30. The van der Waals surface area contributed by atoms with E-state index in [1.54, 1.807) is 18.9 Å². The van der Waals surface area contributed by atoms with Crippen LogP contribution >= 0.6 is 27.7 Å². The van der Waals surface area contributed by atoms with Crippen molar-refractivity contribution in [2.45, 2.75) is 11.8 Å². The van der Waals surface area contributed by atoms with E-state index in [1.807, 2.05) is 24.3 Å². The third-order valence-corrected chi connectivity index (χ3v) is 5.45. The Hall–Kier alpha value is -1.99. The summed E-state index contributed by atoms with van der Waals surface area (Å²) < 4.78 is 8.69. The number of rotatable bonds is 3. The Kier molecular flexibility index (Phi) is 4.20. The van der Waals surface area contributed by atoms with Crippen molar-refractivity contribution in [3.8, 4) is 17.1 Å². The minimum absolute atomic E-state index is 0.713. The van der Waals surface area contributed by atoms with Gasteiger partial charge in [-0.15, -0.1) is 10.2 Å². The van der Waals surface area contributed by atoms with Gasteiger partial charge in [0.25, 0.3) is 0 Å². The second-order valence-electron chi connectivity index (χ2n) is 5.37. The van der Waals surface area contributed by atoms with Crippen molar-refractivity contribution >= 4 is 33.4 Å². The number of ether oxygens (including phenoxy) is 1. The zero-order chi connectivity index (χ0) is 16.5. The Morgan fingerprint density at radius 1 is 1.08 bits per heavy atom. The molecule has 0 saturated heterocycles. The Bertz CT molecular complexity index is 865. The molecule has 4 rings (SSSR count). The van der Waals surface area contributed by atoms with Crippen LogP contribution < -0.4 is 9.64 Å². The lowest BCUT2D eigenvalue weighted by molar-refractivity contribution is 0.415. The molecule has 5 nitrogen and oxygen atoms in total. The van der Waals surface area contributed by atoms with Gasteiger partial charge in [0.05, 0.1) is 25.2 Å². The summed E-state index contributed by atoms with van der Waals surface area (Å²) in [6, 6.07) is 16.2. The van der Waals surface area contributed by atoms with Gasteiger partial charge in [-0.1, -0.05) is 39.8 Å². The first kappa shape index (κ1) is 15.5. The molecule has 0 N–H and O–H groups in total. The number of hydrogen-bond donors (Lipinski definition) is 0. The van der Waals surface area contributed by atoms with Gasteiger partial charge in [-0.3, -0.25) is 4.57 Å². The van der Waals surface area contributed by atoms with Crippen molar-refractivity contribution < 1.29 is 4.74 Å². The van der Waals surface area contributed by atoms with Gasteiger partial charge in [0.1, 0.15) is 5.75 Å². The second kappa shape index (κ2) is 6.49. The molecule has 3 aromatic rings. The number of halogens is 1. The van der Waals surface area contributed by atoms with Crippen LogP contribution in [0.5, 0.6) is 5.75 Å². The van der Waals surface area contributed by atoms with Crippen molar-refractivity contribution in [3.63, 3.8) is 0 Å². The van der Waals surface area contributed by atoms with E-state index in [9.17, 15) is 0 Å². The average molecular weight is 403 g/mol. The number of anilines is 1. The Morgan fingerprint density at radius 3 is 2.67 bits per heavy atom. The Labute approximate surface area is 152 Å². The predicted molar refractivity (Wildman–Crippen MR) is 99.4 cm³/mol. The van der Waals surface area contributed by atoms with Crippen LogP contribution in [-0.2, 0) is 6.67 Å². The summed E-state index contributed by atoms with van der Waals surface area (Å²) in [5.41, 5.74) is 2.13. The SMILES string of the molecule is COc1ccccc1-c1nnc2n1CN(c1ccc(Br)cc1)CS2. The molecule has 0 saturated carbocycles. The maximum absolute atomic E-state index is 5.48. The van der Waals surface area contributed by atoms with E-state index in [1.165, 1.54) is 5.69 Å². The van der Waals surface area contributed by atoms with Crippen LogP contribution in [0.15, 0.2) is 58.2 Å². The summed E-state index contributed by atoms with van der Waals surface area (Å²) in [5, 5.41) is 9.67. The molecule has 1 aromatic heterocycles. The number of aromatic nitrogens is 3. The first-order chi connectivity index (χ1) is 11.8. The molecule has 0 unspecified atom stereocenters. The summed E-state index contributed by atoms with van der Waals surface area (Å²) in [6.07, 6.45) is 0. The maximum atomic E-state index is 5.48. The fourth-order valence-electron chi connectivity index (χ4n) is 2.71. The van der Waals surface area contributed by atoms with Gasteiger partial charge >= 0.3 is 0 Å². The zero-order valence-corrected chi connectivity index (χ0v) is 15.4. The Morgan fingerprint density at radius 2 is 1.88 bits per heavy atom. The van der Waals surface area contributed by atoms with E-state index in [-0.39, 0.29) is 0 Å². The minimum Gasteiger partial charge on any atom is -0.496 e. The van der Waals surface area contributed by atoms with Crippen molar-refractivity contribution in [2.75, 3.05) is 17.9 Å². The number of methoxy groups -OCH3 is 1. The molecular weight excluding hydrogens is 388 g/mol. The molecule has 1 aliphatic heterocycles. The van der Waals surface area contributed by atoms with E-state index in [4.69, 9.17) is 4.74 Å². The molecule has 0 radical (unpaired) electrons. The summed E-state index contributed by atoms with van der Waals surface area (Å²) in [5.74, 6) is 2.49. The Balaban J connectivity index is 1.71. The molecule has 0 amide bonds. The van der Waals surface area contributed by atoms with Crippen LogP contribution in [-0.4, -0.2) is 27.8 Å². The highest BCUT2D eigenvalue weighted by Crippen LogP contribution is 2.34. The molecule has 0 spiro atoms. The zero-order valence-electron chi connectivity index (χ0n) is 13.0. The standard InChI is InChI=1S/C17H15BrN4OS/c1-23-15-5-3-2-4-14(15)16-19-20-17-22(16)10-21(11-24-17)13-8-6-12(18)7-9-13/h2-9H,10-11H2,1H3. The number of para-hydroxylation sites is 1. The van der Waals surface area contributed by atoms with Gasteiger partial charge in [0, 0.05) is 10.2 Å². The maximum Gasteiger partial charge on any atom is 0.194 e. The molecule has 0 bridgehead atoms. The van der Waals surface area contributed by atoms with Crippen LogP contribution in [0.4, 0.5) is 5.69 Å². The third-order valence-electron chi connectivity index (χ3n) is 3.92. The van der Waals surface area contributed by atoms with Gasteiger partial charge in [0.15, 0.2) is 11.0 Å². The summed E-state index contributed by atoms with van der Waals surface area (Å²) in [6.45, 7) is 0.713. The topological polar surface area (TPSA) is 43.2 Å². The van der Waals surface area contributed by atoms with E-state index in [2.05, 4.69) is 59.9 Å². The molecule has 24 heavy (non-hydrogen) atoms. The molecule has 0 fully saturated rings. The first-order valence-corrected chi connectivity index (χ1v) is 9.24. The van der Waals surface area contributed by atoms with Crippen LogP contribution in [0.3, 0.4) is 0 Å². The molecule has 1 aliphatic rings. The number of thioether (sulfide) groups is 1. The van der Waals surface area contributed by atoms with Crippen LogP contribution in [0, 0.1) is 0 Å². The average Bonchev–Trinajstić information content (AvgIpc) is 3.05. The van der Waals surface area contributed by atoms with Gasteiger partial charge in [0.2, 0.25) is 0 Å². The van der Waals surface area contributed by atoms with Gasteiger partial charge in [-0.05, 0) is 36.4 Å². The van der Waals surface area contributed by atoms with Crippen molar-refractivity contribution in [2.24, 2.45) is 0 Å². The number of hydrogen-bond acceptors (Lipinski definition) is 5. The molecule has 7 heteroatoms. The van der Waals surface area contributed by atoms with Crippen molar-refractivity contribution in [1.29, 1.82) is 0 Å². The second-order valence-corrected chi connectivity index (χ2v) is 7.19. The highest BCUT2D eigenvalue weighted by atomic mass is 79.9. The van der Waals surface area contributed by atoms with E-state index in [0.717, 1.165) is 32.6 Å². The lowest BCUT2D eigenvalue weighted by Gasteiger charge is -2.29. The van der Waals surface area contributed by atoms with Crippen molar-refractivity contribution in [1.82, 2.24) is 14.8 Å². The van der Waals surface area contributed by atoms with Gasteiger partial charge < -0.3 is 9.64 Å². The molecule has 0 atom stereocenters. The lowest BCUT2D eigenvalue weighted by atomic mass is 10.2. The van der Waals surface area contributed by atoms with Crippen molar-refractivity contribution in [3.05, 3.63) is 53.0 Å². The van der Waals surface area contributed by atoms with Crippen LogP contribution in [0.1, 0.15) is 0 Å². The van der Waals surface area contributed by atoms with E-state index >= 15 is 0 Å². The molecule has 2 aromatic carbocycles. The molecule has 122 valence electrons. The van der Waals surface area contributed by atoms with E-state index < -0.39 is 0 Å². The molecular formula is C17H15BrN4OS. The van der Waals surface area contributed by atoms with Gasteiger partial charge in [-0.2, -0.15) is 0 Å². The van der Waals surface area contributed by atoms with Gasteiger partial charge in [-0.25, -0.2) is 0 Å².